The van der Waals surface area contributed by atoms with Gasteiger partial charge >= 0.3 is 0 Å². The number of rotatable bonds is 8. The summed E-state index contributed by atoms with van der Waals surface area (Å²) in [6.07, 6.45) is 1.83. The number of hydrogen-bond donors (Lipinski definition) is 1. The molecule has 0 aliphatic rings. The summed E-state index contributed by atoms with van der Waals surface area (Å²) in [5.74, 6) is 0.244. The molecular formula is C12H23NO3S. The predicted molar refractivity (Wildman–Crippen MR) is 70.2 cm³/mol. The Kier molecular flexibility index (Phi) is 8.04. The number of carbonyl (C=O) groups excluding carboxylic acids is 2. The molecule has 0 aromatic heterocycles. The maximum Gasteiger partial charge on any atom is 0.233 e. The van der Waals surface area contributed by atoms with Gasteiger partial charge in [-0.2, -0.15) is 0 Å². The Morgan fingerprint density at radius 1 is 1.29 bits per heavy atom. The van der Waals surface area contributed by atoms with E-state index in [2.05, 4.69) is 5.32 Å². The second-order valence-electron chi connectivity index (χ2n) is 4.54. The van der Waals surface area contributed by atoms with Gasteiger partial charge in [0.2, 0.25) is 5.91 Å². The van der Waals surface area contributed by atoms with Crippen LogP contribution in [0.5, 0.6) is 0 Å². The molecule has 4 nitrogen and oxygen atoms in total. The van der Waals surface area contributed by atoms with Crippen molar-refractivity contribution >= 4 is 22.5 Å². The minimum atomic E-state index is -1.12. The van der Waals surface area contributed by atoms with Crippen molar-refractivity contribution in [1.82, 2.24) is 5.32 Å². The molecule has 0 bridgehead atoms. The van der Waals surface area contributed by atoms with Crippen LogP contribution in [0.25, 0.3) is 0 Å². The van der Waals surface area contributed by atoms with Crippen LogP contribution in [0, 0.1) is 5.92 Å². The molecule has 2 atom stereocenters. The van der Waals surface area contributed by atoms with Crippen LogP contribution < -0.4 is 5.32 Å². The maximum absolute atomic E-state index is 11.6. The van der Waals surface area contributed by atoms with Crippen molar-refractivity contribution in [2.45, 2.75) is 46.6 Å². The van der Waals surface area contributed by atoms with Gasteiger partial charge in [-0.05, 0) is 19.3 Å². The van der Waals surface area contributed by atoms with Crippen LogP contribution in [0.3, 0.4) is 0 Å². The van der Waals surface area contributed by atoms with Crippen molar-refractivity contribution in [1.29, 1.82) is 0 Å². The highest BCUT2D eigenvalue weighted by Gasteiger charge is 2.21. The predicted octanol–water partition coefficient (Wildman–Crippen LogP) is 1.26. The van der Waals surface area contributed by atoms with E-state index in [4.69, 9.17) is 0 Å². The lowest BCUT2D eigenvalue weighted by Gasteiger charge is -2.19. The van der Waals surface area contributed by atoms with Crippen LogP contribution in [-0.2, 0) is 20.4 Å². The molecular weight excluding hydrogens is 238 g/mol. The molecule has 100 valence electrons. The van der Waals surface area contributed by atoms with Crippen molar-refractivity contribution in [2.75, 3.05) is 11.5 Å². The Balaban J connectivity index is 4.15. The second kappa shape index (κ2) is 8.39. The van der Waals surface area contributed by atoms with Crippen molar-refractivity contribution in [3.8, 4) is 0 Å². The van der Waals surface area contributed by atoms with Gasteiger partial charge in [0, 0.05) is 16.6 Å². The van der Waals surface area contributed by atoms with E-state index >= 15 is 0 Å². The largest absolute Gasteiger partial charge is 0.345 e. The highest BCUT2D eigenvalue weighted by molar-refractivity contribution is 7.85. The molecule has 5 heteroatoms. The van der Waals surface area contributed by atoms with Crippen LogP contribution in [-0.4, -0.2) is 33.4 Å². The summed E-state index contributed by atoms with van der Waals surface area (Å²) < 4.78 is 11.5. The van der Waals surface area contributed by atoms with E-state index in [1.54, 1.807) is 0 Å². The van der Waals surface area contributed by atoms with Gasteiger partial charge in [0.25, 0.3) is 0 Å². The fourth-order valence-electron chi connectivity index (χ4n) is 1.48. The van der Waals surface area contributed by atoms with E-state index in [1.807, 2.05) is 20.8 Å². The van der Waals surface area contributed by atoms with Gasteiger partial charge < -0.3 is 5.32 Å². The van der Waals surface area contributed by atoms with Crippen LogP contribution in [0.1, 0.15) is 40.5 Å². The van der Waals surface area contributed by atoms with Gasteiger partial charge in [-0.3, -0.25) is 13.8 Å². The van der Waals surface area contributed by atoms with Gasteiger partial charge in [-0.15, -0.1) is 0 Å². The zero-order valence-electron chi connectivity index (χ0n) is 11.1. The Morgan fingerprint density at radius 3 is 2.29 bits per heavy atom. The molecule has 1 amide bonds. The van der Waals surface area contributed by atoms with E-state index in [9.17, 15) is 13.8 Å². The first kappa shape index (κ1) is 16.3. The lowest BCUT2D eigenvalue weighted by atomic mass is 10.0. The van der Waals surface area contributed by atoms with E-state index in [-0.39, 0.29) is 23.4 Å². The molecule has 0 aliphatic heterocycles. The Labute approximate surface area is 106 Å². The summed E-state index contributed by atoms with van der Waals surface area (Å²) >= 11 is 0. The third kappa shape index (κ3) is 7.26. The van der Waals surface area contributed by atoms with Gasteiger partial charge in [-0.1, -0.05) is 27.2 Å². The number of ketones is 1. The Hall–Kier alpha value is -0.710. The standard InChI is InChI=1S/C12H23NO3S/c1-5-6-7-17(16)8-11(15)13-12(9(2)3)10(4)14/h9,12H,5-8H2,1-4H3,(H,13,15). The minimum Gasteiger partial charge on any atom is -0.345 e. The average molecular weight is 261 g/mol. The van der Waals surface area contributed by atoms with Gasteiger partial charge in [0.1, 0.15) is 5.75 Å². The molecule has 0 aliphatic carbocycles. The fourth-order valence-corrected chi connectivity index (χ4v) is 2.61. The molecule has 0 saturated heterocycles. The summed E-state index contributed by atoms with van der Waals surface area (Å²) in [5.41, 5.74) is 0. The van der Waals surface area contributed by atoms with Crippen molar-refractivity contribution in [3.63, 3.8) is 0 Å². The van der Waals surface area contributed by atoms with Crippen molar-refractivity contribution < 1.29 is 13.8 Å². The quantitative estimate of drug-likeness (QED) is 0.715. The van der Waals surface area contributed by atoms with Crippen LogP contribution in [0.15, 0.2) is 0 Å². The van der Waals surface area contributed by atoms with Gasteiger partial charge in [0.15, 0.2) is 5.78 Å². The van der Waals surface area contributed by atoms with Crippen molar-refractivity contribution in [2.24, 2.45) is 5.92 Å². The van der Waals surface area contributed by atoms with E-state index in [0.29, 0.717) is 5.75 Å². The van der Waals surface area contributed by atoms with E-state index in [1.165, 1.54) is 6.92 Å². The first-order chi connectivity index (χ1) is 7.88. The van der Waals surface area contributed by atoms with E-state index in [0.717, 1.165) is 12.8 Å². The number of carbonyl (C=O) groups is 2. The van der Waals surface area contributed by atoms with Crippen LogP contribution >= 0.6 is 0 Å². The van der Waals surface area contributed by atoms with E-state index < -0.39 is 16.8 Å². The highest BCUT2D eigenvalue weighted by atomic mass is 32.2. The Morgan fingerprint density at radius 2 is 1.88 bits per heavy atom. The number of unbranched alkanes of at least 4 members (excludes halogenated alkanes) is 1. The highest BCUT2D eigenvalue weighted by Crippen LogP contribution is 2.03. The molecule has 2 unspecified atom stereocenters. The minimum absolute atomic E-state index is 0.00347. The zero-order chi connectivity index (χ0) is 13.4. The number of hydrogen-bond acceptors (Lipinski definition) is 3. The van der Waals surface area contributed by atoms with Gasteiger partial charge in [-0.25, -0.2) is 0 Å². The summed E-state index contributed by atoms with van der Waals surface area (Å²) in [4.78, 5) is 22.9. The summed E-state index contributed by atoms with van der Waals surface area (Å²) in [7, 11) is -1.12. The SMILES string of the molecule is CCCCS(=O)CC(=O)NC(C(C)=O)C(C)C. The monoisotopic (exact) mass is 261 g/mol. The lowest BCUT2D eigenvalue weighted by Crippen LogP contribution is -2.45. The molecule has 0 fully saturated rings. The lowest BCUT2D eigenvalue weighted by molar-refractivity contribution is -0.126. The molecule has 0 aromatic rings. The molecule has 1 N–H and O–H groups in total. The van der Waals surface area contributed by atoms with Crippen LogP contribution in [0.4, 0.5) is 0 Å². The summed E-state index contributed by atoms with van der Waals surface area (Å²) in [6, 6.07) is -0.467. The molecule has 0 radical (unpaired) electrons. The molecule has 0 spiro atoms. The molecule has 0 saturated carbocycles. The molecule has 0 rings (SSSR count). The van der Waals surface area contributed by atoms with Crippen molar-refractivity contribution in [3.05, 3.63) is 0 Å². The average Bonchev–Trinajstić information content (AvgIpc) is 2.22. The topological polar surface area (TPSA) is 63.2 Å². The third-order valence-corrected chi connectivity index (χ3v) is 3.77. The number of Topliss-reactive ketones (excluding diaryl/α,β-unsaturated/α-hetero) is 1. The van der Waals surface area contributed by atoms with Crippen LogP contribution in [0.2, 0.25) is 0 Å². The summed E-state index contributed by atoms with van der Waals surface area (Å²) in [5, 5.41) is 2.64. The summed E-state index contributed by atoms with van der Waals surface area (Å²) in [6.45, 7) is 7.22. The number of amides is 1. The number of nitrogens with one attached hydrogen (secondary N) is 1. The fraction of sp³-hybridized carbons (Fsp3) is 0.833. The molecule has 0 heterocycles. The first-order valence-corrected chi connectivity index (χ1v) is 7.52. The smallest absolute Gasteiger partial charge is 0.233 e. The van der Waals surface area contributed by atoms with Gasteiger partial charge in [0.05, 0.1) is 6.04 Å². The third-order valence-electron chi connectivity index (χ3n) is 2.44. The maximum atomic E-state index is 11.6. The Bertz CT molecular complexity index is 289. The molecule has 17 heavy (non-hydrogen) atoms. The first-order valence-electron chi connectivity index (χ1n) is 6.03. The molecule has 0 aromatic carbocycles. The normalized spacial score (nSPS) is 14.4. The second-order valence-corrected chi connectivity index (χ2v) is 6.12. The zero-order valence-corrected chi connectivity index (χ0v) is 11.9.